The molecule has 1 fully saturated rings. The summed E-state index contributed by atoms with van der Waals surface area (Å²) < 4.78 is 1.56. The molecular weight excluding hydrogens is 246 g/mol. The Morgan fingerprint density at radius 1 is 1.58 bits per heavy atom. The van der Waals surface area contributed by atoms with Crippen molar-refractivity contribution in [2.45, 2.75) is 32.9 Å². The van der Waals surface area contributed by atoms with E-state index in [2.05, 4.69) is 10.4 Å². The molecule has 3 N–H and O–H groups in total. The van der Waals surface area contributed by atoms with E-state index in [1.807, 2.05) is 6.92 Å². The van der Waals surface area contributed by atoms with Gasteiger partial charge in [0.2, 0.25) is 5.91 Å². The summed E-state index contributed by atoms with van der Waals surface area (Å²) in [5, 5.41) is 6.93. The van der Waals surface area contributed by atoms with Crippen LogP contribution < -0.4 is 11.1 Å². The van der Waals surface area contributed by atoms with Crippen LogP contribution in [0.25, 0.3) is 0 Å². The molecule has 1 aliphatic heterocycles. The molecule has 1 aromatic rings. The van der Waals surface area contributed by atoms with Crippen LogP contribution in [0, 0.1) is 6.92 Å². The Kier molecular flexibility index (Phi) is 3.46. The van der Waals surface area contributed by atoms with E-state index in [-0.39, 0.29) is 11.8 Å². The van der Waals surface area contributed by atoms with Crippen LogP contribution in [0.15, 0.2) is 0 Å². The Hall–Kier alpha value is -2.05. The summed E-state index contributed by atoms with van der Waals surface area (Å²) in [6.07, 6.45) is 0.625. The zero-order valence-electron chi connectivity index (χ0n) is 11.4. The van der Waals surface area contributed by atoms with E-state index in [0.29, 0.717) is 36.6 Å². The van der Waals surface area contributed by atoms with Gasteiger partial charge in [-0.1, -0.05) is 0 Å². The Bertz CT molecular complexity index is 522. The first kappa shape index (κ1) is 13.4. The molecule has 1 unspecified atom stereocenters. The molecule has 0 spiro atoms. The summed E-state index contributed by atoms with van der Waals surface area (Å²) in [5.41, 5.74) is 7.21. The van der Waals surface area contributed by atoms with Crippen molar-refractivity contribution in [2.75, 3.05) is 19.3 Å². The summed E-state index contributed by atoms with van der Waals surface area (Å²) in [7, 11) is 1.73. The number of hydrogen-bond donors (Lipinski definition) is 2. The average molecular weight is 265 g/mol. The number of anilines is 1. The summed E-state index contributed by atoms with van der Waals surface area (Å²) in [6.45, 7) is 4.86. The highest BCUT2D eigenvalue weighted by molar-refractivity contribution is 6.00. The van der Waals surface area contributed by atoms with Crippen molar-refractivity contribution < 1.29 is 9.59 Å². The SMILES string of the molecule is CCn1nc(C)c(N)c1C(=O)NC1CCN(C)C1=O. The van der Waals surface area contributed by atoms with Gasteiger partial charge in [0.1, 0.15) is 11.7 Å². The molecule has 1 atom stereocenters. The van der Waals surface area contributed by atoms with E-state index < -0.39 is 6.04 Å². The Morgan fingerprint density at radius 3 is 2.79 bits per heavy atom. The highest BCUT2D eigenvalue weighted by Crippen LogP contribution is 2.17. The second-order valence-electron chi connectivity index (χ2n) is 4.74. The van der Waals surface area contributed by atoms with E-state index in [1.54, 1.807) is 23.6 Å². The molecule has 0 bridgehead atoms. The summed E-state index contributed by atoms with van der Waals surface area (Å²) >= 11 is 0. The standard InChI is InChI=1S/C12H19N5O2/c1-4-17-10(9(13)7(2)15-17)11(18)14-8-5-6-16(3)12(8)19/h8H,4-6,13H2,1-3H3,(H,14,18). The minimum atomic E-state index is -0.461. The number of likely N-dealkylation sites (N-methyl/N-ethyl adjacent to an activating group) is 1. The summed E-state index contributed by atoms with van der Waals surface area (Å²) in [4.78, 5) is 25.6. The predicted octanol–water partition coefficient (Wildman–Crippen LogP) is -0.246. The molecule has 2 amide bonds. The number of rotatable bonds is 3. The lowest BCUT2D eigenvalue weighted by Gasteiger charge is -2.13. The third kappa shape index (κ3) is 2.27. The van der Waals surface area contributed by atoms with Gasteiger partial charge < -0.3 is 16.0 Å². The average Bonchev–Trinajstić information content (AvgIpc) is 2.84. The highest BCUT2D eigenvalue weighted by atomic mass is 16.2. The molecule has 0 radical (unpaired) electrons. The second-order valence-corrected chi connectivity index (χ2v) is 4.74. The topological polar surface area (TPSA) is 93.2 Å². The van der Waals surface area contributed by atoms with Crippen molar-refractivity contribution >= 4 is 17.5 Å². The number of nitrogens with two attached hydrogens (primary N) is 1. The molecule has 104 valence electrons. The fourth-order valence-electron chi connectivity index (χ4n) is 2.25. The molecule has 1 saturated heterocycles. The third-order valence-electron chi connectivity index (χ3n) is 3.42. The number of nitrogens with zero attached hydrogens (tertiary/aromatic N) is 3. The second kappa shape index (κ2) is 4.91. The van der Waals surface area contributed by atoms with E-state index in [4.69, 9.17) is 5.73 Å². The number of aromatic nitrogens is 2. The maximum absolute atomic E-state index is 12.2. The normalized spacial score (nSPS) is 19.0. The minimum Gasteiger partial charge on any atom is -0.395 e. The molecule has 0 saturated carbocycles. The lowest BCUT2D eigenvalue weighted by atomic mass is 10.2. The molecule has 1 aromatic heterocycles. The van der Waals surface area contributed by atoms with Gasteiger partial charge in [0, 0.05) is 20.1 Å². The third-order valence-corrected chi connectivity index (χ3v) is 3.42. The van der Waals surface area contributed by atoms with Gasteiger partial charge >= 0.3 is 0 Å². The number of nitrogens with one attached hydrogen (secondary N) is 1. The number of hydrogen-bond acceptors (Lipinski definition) is 4. The van der Waals surface area contributed by atoms with E-state index in [9.17, 15) is 9.59 Å². The van der Waals surface area contributed by atoms with Gasteiger partial charge in [0.05, 0.1) is 11.4 Å². The minimum absolute atomic E-state index is 0.0637. The maximum Gasteiger partial charge on any atom is 0.272 e. The van der Waals surface area contributed by atoms with Gasteiger partial charge in [-0.05, 0) is 20.3 Å². The number of amides is 2. The van der Waals surface area contributed by atoms with E-state index in [1.165, 1.54) is 0 Å². The molecule has 1 aliphatic rings. The van der Waals surface area contributed by atoms with Crippen LogP contribution in [-0.2, 0) is 11.3 Å². The zero-order valence-corrected chi connectivity index (χ0v) is 11.4. The van der Waals surface area contributed by atoms with Gasteiger partial charge in [-0.2, -0.15) is 5.10 Å². The predicted molar refractivity (Wildman–Crippen MR) is 70.6 cm³/mol. The van der Waals surface area contributed by atoms with Crippen molar-refractivity contribution in [3.05, 3.63) is 11.4 Å². The monoisotopic (exact) mass is 265 g/mol. The van der Waals surface area contributed by atoms with Crippen molar-refractivity contribution in [1.82, 2.24) is 20.0 Å². The smallest absolute Gasteiger partial charge is 0.272 e. The van der Waals surface area contributed by atoms with Crippen LogP contribution in [-0.4, -0.2) is 46.1 Å². The number of likely N-dealkylation sites (tertiary alicyclic amines) is 1. The number of aryl methyl sites for hydroxylation is 2. The molecule has 7 heteroatoms. The molecule has 19 heavy (non-hydrogen) atoms. The largest absolute Gasteiger partial charge is 0.395 e. The first-order chi connectivity index (χ1) is 8.95. The van der Waals surface area contributed by atoms with Gasteiger partial charge in [-0.15, -0.1) is 0 Å². The Balaban J connectivity index is 2.19. The molecule has 7 nitrogen and oxygen atoms in total. The van der Waals surface area contributed by atoms with Crippen LogP contribution in [0.5, 0.6) is 0 Å². The molecule has 2 rings (SSSR count). The Labute approximate surface area is 111 Å². The van der Waals surface area contributed by atoms with E-state index in [0.717, 1.165) is 0 Å². The summed E-state index contributed by atoms with van der Waals surface area (Å²) in [5.74, 6) is -0.403. The quantitative estimate of drug-likeness (QED) is 0.788. The maximum atomic E-state index is 12.2. The van der Waals surface area contributed by atoms with Crippen LogP contribution in [0.4, 0.5) is 5.69 Å². The molecular formula is C12H19N5O2. The van der Waals surface area contributed by atoms with Gasteiger partial charge in [-0.25, -0.2) is 0 Å². The van der Waals surface area contributed by atoms with Crippen LogP contribution in [0.1, 0.15) is 29.5 Å². The first-order valence-electron chi connectivity index (χ1n) is 6.34. The van der Waals surface area contributed by atoms with Crippen LogP contribution >= 0.6 is 0 Å². The lowest BCUT2D eigenvalue weighted by Crippen LogP contribution is -2.41. The van der Waals surface area contributed by atoms with E-state index >= 15 is 0 Å². The number of nitrogen functional groups attached to an aromatic ring is 1. The molecule has 0 aromatic carbocycles. The van der Waals surface area contributed by atoms with Crippen molar-refractivity contribution in [3.8, 4) is 0 Å². The number of carbonyl (C=O) groups is 2. The van der Waals surface area contributed by atoms with Crippen molar-refractivity contribution in [3.63, 3.8) is 0 Å². The fraction of sp³-hybridized carbons (Fsp3) is 0.583. The van der Waals surface area contributed by atoms with Crippen LogP contribution in [0.2, 0.25) is 0 Å². The van der Waals surface area contributed by atoms with Crippen LogP contribution in [0.3, 0.4) is 0 Å². The van der Waals surface area contributed by atoms with Gasteiger partial charge in [0.25, 0.3) is 5.91 Å². The van der Waals surface area contributed by atoms with Gasteiger partial charge in [0.15, 0.2) is 0 Å². The molecule has 2 heterocycles. The first-order valence-corrected chi connectivity index (χ1v) is 6.34. The lowest BCUT2D eigenvalue weighted by molar-refractivity contribution is -0.128. The zero-order chi connectivity index (χ0) is 14.2. The fourth-order valence-corrected chi connectivity index (χ4v) is 2.25. The van der Waals surface area contributed by atoms with Crippen molar-refractivity contribution in [2.24, 2.45) is 0 Å². The Morgan fingerprint density at radius 2 is 2.26 bits per heavy atom. The van der Waals surface area contributed by atoms with Gasteiger partial charge in [-0.3, -0.25) is 14.3 Å². The van der Waals surface area contributed by atoms with Crippen molar-refractivity contribution in [1.29, 1.82) is 0 Å². The summed E-state index contributed by atoms with van der Waals surface area (Å²) in [6, 6.07) is -0.461. The molecule has 0 aliphatic carbocycles. The number of carbonyl (C=O) groups excluding carboxylic acids is 2. The highest BCUT2D eigenvalue weighted by Gasteiger charge is 2.31.